The molecular weight excluding hydrogens is 507 g/mol. The second kappa shape index (κ2) is 13.9. The SMILES string of the molecule is Cl.Cl.[CH3-].[Si]=[Ti][Cl].c1ccc2c(c1)[cH-]c1ccccc12.c1ccc2c(c1)[cH-]c1ccccc12. The first kappa shape index (κ1) is 28.5. The van der Waals surface area contributed by atoms with Gasteiger partial charge in [-0.2, -0.15) is 0 Å². The number of hydrogen-bond acceptors (Lipinski definition) is 0. The monoisotopic (exact) mass is 528 g/mol. The van der Waals surface area contributed by atoms with Crippen LogP contribution >= 0.6 is 34.1 Å². The number of benzene rings is 4. The molecule has 0 aliphatic heterocycles. The van der Waals surface area contributed by atoms with Crippen LogP contribution in [0.15, 0.2) is 109 Å². The fourth-order valence-corrected chi connectivity index (χ4v) is 3.81. The van der Waals surface area contributed by atoms with Crippen LogP contribution in [0.2, 0.25) is 0 Å². The van der Waals surface area contributed by atoms with E-state index in [1.54, 1.807) is 0 Å². The Morgan fingerprint density at radius 2 is 0.688 bits per heavy atom. The van der Waals surface area contributed by atoms with E-state index in [1.807, 2.05) is 0 Å². The van der Waals surface area contributed by atoms with Crippen LogP contribution < -0.4 is 0 Å². The summed E-state index contributed by atoms with van der Waals surface area (Å²) in [4.78, 5) is 0. The van der Waals surface area contributed by atoms with Crippen molar-refractivity contribution in [2.75, 3.05) is 0 Å². The Labute approximate surface area is 216 Å². The Hall–Kier alpha value is -1.58. The van der Waals surface area contributed by atoms with E-state index in [9.17, 15) is 0 Å². The summed E-state index contributed by atoms with van der Waals surface area (Å²) in [7, 11) is 8.11. The molecule has 0 heterocycles. The summed E-state index contributed by atoms with van der Waals surface area (Å²) in [6.07, 6.45) is 0. The molecule has 0 N–H and O–H groups in total. The van der Waals surface area contributed by atoms with Gasteiger partial charge < -0.3 is 7.43 Å². The van der Waals surface area contributed by atoms with Crippen molar-refractivity contribution in [1.29, 1.82) is 0 Å². The van der Waals surface area contributed by atoms with Crippen LogP contribution in [0.25, 0.3) is 43.1 Å². The van der Waals surface area contributed by atoms with E-state index in [0.29, 0.717) is 0 Å². The van der Waals surface area contributed by atoms with Crippen molar-refractivity contribution in [1.82, 2.24) is 0 Å². The minimum atomic E-state index is -0.222. The van der Waals surface area contributed by atoms with Crippen LogP contribution in [-0.4, -0.2) is 7.63 Å². The molecule has 32 heavy (non-hydrogen) atoms. The molecule has 0 aromatic heterocycles. The molecule has 163 valence electrons. The molecular formula is C27H23Cl3SiTi-3. The van der Waals surface area contributed by atoms with Gasteiger partial charge in [0, 0.05) is 0 Å². The third-order valence-electron chi connectivity index (χ3n) is 5.05. The zero-order chi connectivity index (χ0) is 20.1. The number of rotatable bonds is 0. The summed E-state index contributed by atoms with van der Waals surface area (Å²) >= 11 is -0.222. The summed E-state index contributed by atoms with van der Waals surface area (Å²) in [5, 5.41) is 10.8. The molecule has 0 saturated heterocycles. The van der Waals surface area contributed by atoms with E-state index in [4.69, 9.17) is 9.30 Å². The van der Waals surface area contributed by atoms with Crippen LogP contribution in [0.5, 0.6) is 0 Å². The summed E-state index contributed by atoms with van der Waals surface area (Å²) in [6.45, 7) is 0. The van der Waals surface area contributed by atoms with Crippen molar-refractivity contribution in [3.63, 3.8) is 0 Å². The zero-order valence-corrected chi connectivity index (χ0v) is 22.5. The molecule has 6 rings (SSSR count). The van der Waals surface area contributed by atoms with E-state index in [-0.39, 0.29) is 49.1 Å². The summed E-state index contributed by atoms with van der Waals surface area (Å²) in [5.41, 5.74) is 0. The molecule has 0 bridgehead atoms. The quantitative estimate of drug-likeness (QED) is 0.136. The second-order valence-electron chi connectivity index (χ2n) is 6.73. The van der Waals surface area contributed by atoms with Crippen molar-refractivity contribution < 1.29 is 16.8 Å². The normalized spacial score (nSPS) is 9.28. The zero-order valence-electron chi connectivity index (χ0n) is 17.6. The van der Waals surface area contributed by atoms with Crippen LogP contribution in [-0.2, 0) is 16.8 Å². The van der Waals surface area contributed by atoms with Crippen molar-refractivity contribution >= 4 is 84.8 Å². The van der Waals surface area contributed by atoms with Gasteiger partial charge in [-0.1, -0.05) is 72.8 Å². The summed E-state index contributed by atoms with van der Waals surface area (Å²) < 4.78 is 0. The van der Waals surface area contributed by atoms with E-state index >= 15 is 0 Å². The third-order valence-corrected chi connectivity index (χ3v) is 5.05. The van der Waals surface area contributed by atoms with Gasteiger partial charge in [0.2, 0.25) is 0 Å². The van der Waals surface area contributed by atoms with Gasteiger partial charge in [0.1, 0.15) is 0 Å². The maximum atomic E-state index is 5.04. The van der Waals surface area contributed by atoms with Gasteiger partial charge in [0.05, 0.1) is 0 Å². The fraction of sp³-hybridized carbons (Fsp3) is 0. The first-order chi connectivity index (χ1) is 14.3. The number of fused-ring (bicyclic) bond motifs is 6. The smallest absolute Gasteiger partial charge is 0.0771 e. The van der Waals surface area contributed by atoms with E-state index in [1.165, 1.54) is 43.1 Å². The van der Waals surface area contributed by atoms with Crippen molar-refractivity contribution in [3.05, 3.63) is 117 Å². The summed E-state index contributed by atoms with van der Waals surface area (Å²) in [5.74, 6) is 0. The molecule has 0 nitrogen and oxygen atoms in total. The van der Waals surface area contributed by atoms with Crippen LogP contribution in [0.4, 0.5) is 0 Å². The number of hydrogen-bond donors (Lipinski definition) is 0. The van der Waals surface area contributed by atoms with Gasteiger partial charge in [-0.25, -0.2) is 0 Å². The molecule has 0 spiro atoms. The predicted octanol–water partition coefficient (Wildman–Crippen LogP) is 9.02. The molecule has 0 amide bonds. The molecule has 0 fully saturated rings. The van der Waals surface area contributed by atoms with Crippen LogP contribution in [0.3, 0.4) is 0 Å². The molecule has 6 aromatic rings. The minimum absolute atomic E-state index is 0. The molecule has 0 saturated carbocycles. The van der Waals surface area contributed by atoms with Crippen LogP contribution in [0, 0.1) is 7.43 Å². The van der Waals surface area contributed by atoms with Crippen molar-refractivity contribution in [2.24, 2.45) is 0 Å². The average Bonchev–Trinajstić information content (AvgIpc) is 3.33. The Bertz CT molecular complexity index is 1200. The molecule has 0 aliphatic carbocycles. The predicted molar refractivity (Wildman–Crippen MR) is 147 cm³/mol. The van der Waals surface area contributed by atoms with E-state index in [2.05, 4.69) is 117 Å². The molecule has 0 unspecified atom stereocenters. The largest absolute Gasteiger partial charge is 0.126 e. The molecule has 5 heteroatoms. The maximum Gasteiger partial charge on any atom is -0.0771 e. The molecule has 0 aliphatic rings. The van der Waals surface area contributed by atoms with Gasteiger partial charge in [0.15, 0.2) is 0 Å². The topological polar surface area (TPSA) is 0 Å². The van der Waals surface area contributed by atoms with Gasteiger partial charge in [-0.3, -0.25) is 0 Å². The van der Waals surface area contributed by atoms with E-state index < -0.39 is 0 Å². The summed E-state index contributed by atoms with van der Waals surface area (Å²) in [6, 6.07) is 38.5. The first-order valence-corrected chi connectivity index (χ1v) is 14.4. The minimum Gasteiger partial charge on any atom is -0.126 e. The maximum absolute atomic E-state index is 5.04. The number of halogens is 3. The third kappa shape index (κ3) is 6.26. The van der Waals surface area contributed by atoms with Gasteiger partial charge in [0.25, 0.3) is 0 Å². The second-order valence-corrected chi connectivity index (χ2v) is 10.1. The van der Waals surface area contributed by atoms with Gasteiger partial charge in [-0.05, 0) is 0 Å². The standard InChI is InChI=1S/2C13H9.CH3.3ClH.Si.Ti/c2*1-3-7-12-10(5-1)9-11-6-2-4-8-13(11)12;;;;;;/h2*1-9H;1H3;3*1H;;/q3*-1;;;;;+1/p-1. The van der Waals surface area contributed by atoms with E-state index in [0.717, 1.165) is 0 Å². The van der Waals surface area contributed by atoms with Crippen molar-refractivity contribution in [2.45, 2.75) is 0 Å². The van der Waals surface area contributed by atoms with Crippen LogP contribution in [0.1, 0.15) is 0 Å². The molecule has 6 aromatic carbocycles. The first-order valence-electron chi connectivity index (χ1n) is 9.40. The molecule has 0 atom stereocenters. The van der Waals surface area contributed by atoms with Gasteiger partial charge >= 0.3 is 33.8 Å². The fourth-order valence-electron chi connectivity index (χ4n) is 3.81. The Balaban J connectivity index is 0.000000264. The molecule has 2 radical (unpaired) electrons. The average molecular weight is 530 g/mol. The Morgan fingerprint density at radius 1 is 0.500 bits per heavy atom. The van der Waals surface area contributed by atoms with Crippen molar-refractivity contribution in [3.8, 4) is 0 Å². The Morgan fingerprint density at radius 3 is 0.906 bits per heavy atom. The Kier molecular flexibility index (Phi) is 12.3. The van der Waals surface area contributed by atoms with Gasteiger partial charge in [-0.15, -0.1) is 104 Å².